The van der Waals surface area contributed by atoms with Crippen LogP contribution < -0.4 is 5.32 Å². The van der Waals surface area contributed by atoms with Gasteiger partial charge in [-0.3, -0.25) is 14.9 Å². The number of hydrogen-bond donors (Lipinski definition) is 2. The van der Waals surface area contributed by atoms with Crippen molar-refractivity contribution in [3.05, 3.63) is 62.7 Å². The SMILES string of the molecule is CCCN(CCC)S(=O)(=O)c1ccc(C(=O)Nc2ccc(Cl)cc2C(=O)O)cc1[N+](=O)[O-]. The molecule has 2 N–H and O–H groups in total. The number of hydrogen-bond acceptors (Lipinski definition) is 6. The van der Waals surface area contributed by atoms with Gasteiger partial charge in [0.05, 0.1) is 16.2 Å². The fourth-order valence-electron chi connectivity index (χ4n) is 3.01. The first kappa shape index (κ1) is 25.2. The molecule has 0 aliphatic heterocycles. The Hall–Kier alpha value is -3.02. The first-order valence-corrected chi connectivity index (χ1v) is 11.5. The van der Waals surface area contributed by atoms with Gasteiger partial charge in [0.1, 0.15) is 0 Å². The summed E-state index contributed by atoms with van der Waals surface area (Å²) < 4.78 is 27.2. The van der Waals surface area contributed by atoms with Crippen LogP contribution in [-0.2, 0) is 10.0 Å². The second kappa shape index (κ2) is 10.5. The van der Waals surface area contributed by atoms with Crippen LogP contribution >= 0.6 is 11.6 Å². The van der Waals surface area contributed by atoms with E-state index in [1.807, 2.05) is 0 Å². The number of nitrogens with zero attached hydrogens (tertiary/aromatic N) is 2. The van der Waals surface area contributed by atoms with E-state index in [1.165, 1.54) is 16.4 Å². The van der Waals surface area contributed by atoms with Gasteiger partial charge in [-0.05, 0) is 43.2 Å². The van der Waals surface area contributed by atoms with E-state index in [0.717, 1.165) is 24.3 Å². The zero-order valence-electron chi connectivity index (χ0n) is 17.4. The molecule has 1 amide bonds. The maximum atomic E-state index is 13.0. The van der Waals surface area contributed by atoms with Crippen LogP contribution in [0, 0.1) is 10.1 Å². The number of benzene rings is 2. The highest BCUT2D eigenvalue weighted by molar-refractivity contribution is 7.89. The minimum atomic E-state index is -4.16. The van der Waals surface area contributed by atoms with Crippen LogP contribution in [0.2, 0.25) is 5.02 Å². The summed E-state index contributed by atoms with van der Waals surface area (Å²) in [7, 11) is -4.16. The summed E-state index contributed by atoms with van der Waals surface area (Å²) in [4.78, 5) is 34.3. The molecule has 2 rings (SSSR count). The molecule has 0 saturated heterocycles. The number of nitro benzene ring substituents is 1. The third-order valence-electron chi connectivity index (χ3n) is 4.44. The predicted octanol–water partition coefficient (Wildman–Crippen LogP) is 4.01. The lowest BCUT2D eigenvalue weighted by atomic mass is 10.1. The molecule has 0 aliphatic carbocycles. The second-order valence-electron chi connectivity index (χ2n) is 6.79. The fraction of sp³-hybridized carbons (Fsp3) is 0.300. The first-order chi connectivity index (χ1) is 15.0. The molecule has 0 aliphatic rings. The van der Waals surface area contributed by atoms with Crippen molar-refractivity contribution in [2.45, 2.75) is 31.6 Å². The number of carboxylic acids is 1. The van der Waals surface area contributed by atoms with Crippen molar-refractivity contribution in [2.75, 3.05) is 18.4 Å². The molecule has 32 heavy (non-hydrogen) atoms. The normalized spacial score (nSPS) is 11.4. The van der Waals surface area contributed by atoms with Gasteiger partial charge >= 0.3 is 5.97 Å². The number of amides is 1. The number of anilines is 1. The Morgan fingerprint density at radius 2 is 1.75 bits per heavy atom. The molecule has 0 saturated carbocycles. The summed E-state index contributed by atoms with van der Waals surface area (Å²) in [6.45, 7) is 3.98. The van der Waals surface area contributed by atoms with E-state index in [4.69, 9.17) is 11.6 Å². The summed E-state index contributed by atoms with van der Waals surface area (Å²) in [5, 5.41) is 23.4. The highest BCUT2D eigenvalue weighted by Crippen LogP contribution is 2.29. The Labute approximate surface area is 190 Å². The number of sulfonamides is 1. The van der Waals surface area contributed by atoms with Gasteiger partial charge < -0.3 is 10.4 Å². The Kier molecular flexibility index (Phi) is 8.31. The quantitative estimate of drug-likeness (QED) is 0.383. The van der Waals surface area contributed by atoms with Crippen molar-refractivity contribution in [3.8, 4) is 0 Å². The molecule has 0 fully saturated rings. The van der Waals surface area contributed by atoms with E-state index in [2.05, 4.69) is 5.32 Å². The molecule has 2 aromatic rings. The molecular formula is C20H22ClN3O7S. The maximum absolute atomic E-state index is 13.0. The Balaban J connectivity index is 2.47. The van der Waals surface area contributed by atoms with Gasteiger partial charge in [-0.2, -0.15) is 4.31 Å². The molecule has 0 unspecified atom stereocenters. The van der Waals surface area contributed by atoms with Gasteiger partial charge in [-0.1, -0.05) is 25.4 Å². The van der Waals surface area contributed by atoms with Crippen molar-refractivity contribution in [3.63, 3.8) is 0 Å². The molecule has 2 aromatic carbocycles. The van der Waals surface area contributed by atoms with E-state index in [0.29, 0.717) is 12.8 Å². The molecule has 172 valence electrons. The molecule has 0 spiro atoms. The van der Waals surface area contributed by atoms with Gasteiger partial charge in [-0.15, -0.1) is 0 Å². The largest absolute Gasteiger partial charge is 0.478 e. The van der Waals surface area contributed by atoms with Crippen molar-refractivity contribution in [1.29, 1.82) is 0 Å². The number of aromatic carboxylic acids is 1. The van der Waals surface area contributed by atoms with Crippen molar-refractivity contribution >= 4 is 44.9 Å². The van der Waals surface area contributed by atoms with Crippen LogP contribution in [0.5, 0.6) is 0 Å². The van der Waals surface area contributed by atoms with Crippen molar-refractivity contribution in [2.24, 2.45) is 0 Å². The lowest BCUT2D eigenvalue weighted by Crippen LogP contribution is -2.33. The zero-order valence-corrected chi connectivity index (χ0v) is 18.9. The molecule has 0 heterocycles. The number of carbonyl (C=O) groups is 2. The Morgan fingerprint density at radius 1 is 1.12 bits per heavy atom. The minimum absolute atomic E-state index is 0.0664. The van der Waals surface area contributed by atoms with E-state index >= 15 is 0 Å². The van der Waals surface area contributed by atoms with Crippen LogP contribution in [0.4, 0.5) is 11.4 Å². The van der Waals surface area contributed by atoms with E-state index < -0.39 is 37.4 Å². The monoisotopic (exact) mass is 483 g/mol. The van der Waals surface area contributed by atoms with E-state index in [-0.39, 0.29) is 34.9 Å². The summed E-state index contributed by atoms with van der Waals surface area (Å²) in [6, 6.07) is 6.81. The highest BCUT2D eigenvalue weighted by Gasteiger charge is 2.32. The van der Waals surface area contributed by atoms with Gasteiger partial charge in [0, 0.05) is 29.7 Å². The molecular weight excluding hydrogens is 462 g/mol. The van der Waals surface area contributed by atoms with Gasteiger partial charge in [0.25, 0.3) is 11.6 Å². The summed E-state index contributed by atoms with van der Waals surface area (Å²) in [5.41, 5.74) is -1.29. The van der Waals surface area contributed by atoms with Crippen LogP contribution in [0.25, 0.3) is 0 Å². The second-order valence-corrected chi connectivity index (χ2v) is 9.14. The van der Waals surface area contributed by atoms with Gasteiger partial charge in [-0.25, -0.2) is 13.2 Å². The third-order valence-corrected chi connectivity index (χ3v) is 6.62. The third kappa shape index (κ3) is 5.61. The topological polar surface area (TPSA) is 147 Å². The lowest BCUT2D eigenvalue weighted by molar-refractivity contribution is -0.387. The fourth-order valence-corrected chi connectivity index (χ4v) is 4.94. The number of nitrogens with one attached hydrogen (secondary N) is 1. The van der Waals surface area contributed by atoms with Crippen LogP contribution in [-0.4, -0.2) is 47.7 Å². The smallest absolute Gasteiger partial charge is 0.337 e. The minimum Gasteiger partial charge on any atom is -0.478 e. The Bertz CT molecular complexity index is 1150. The van der Waals surface area contributed by atoms with Gasteiger partial charge in [0.15, 0.2) is 4.90 Å². The zero-order chi connectivity index (χ0) is 24.1. The van der Waals surface area contributed by atoms with Crippen LogP contribution in [0.3, 0.4) is 0 Å². The molecule has 0 bridgehead atoms. The highest BCUT2D eigenvalue weighted by atomic mass is 35.5. The first-order valence-electron chi connectivity index (χ1n) is 9.65. The molecule has 0 atom stereocenters. The number of halogens is 1. The van der Waals surface area contributed by atoms with Crippen LogP contribution in [0.15, 0.2) is 41.3 Å². The molecule has 0 radical (unpaired) electrons. The summed E-state index contributed by atoms with van der Waals surface area (Å²) >= 11 is 5.79. The molecule has 10 nitrogen and oxygen atoms in total. The van der Waals surface area contributed by atoms with E-state index in [1.54, 1.807) is 13.8 Å². The van der Waals surface area contributed by atoms with Crippen molar-refractivity contribution in [1.82, 2.24) is 4.31 Å². The van der Waals surface area contributed by atoms with Gasteiger partial charge in [0.2, 0.25) is 10.0 Å². The number of carboxylic acid groups (broad SMARTS) is 1. The Morgan fingerprint density at radius 3 is 2.28 bits per heavy atom. The van der Waals surface area contributed by atoms with Crippen molar-refractivity contribution < 1.29 is 28.0 Å². The predicted molar refractivity (Wildman–Crippen MR) is 119 cm³/mol. The van der Waals surface area contributed by atoms with E-state index in [9.17, 15) is 33.2 Å². The lowest BCUT2D eigenvalue weighted by Gasteiger charge is -2.21. The maximum Gasteiger partial charge on any atom is 0.337 e. The number of carbonyl (C=O) groups excluding carboxylic acids is 1. The average Bonchev–Trinajstić information content (AvgIpc) is 2.74. The average molecular weight is 484 g/mol. The summed E-state index contributed by atoms with van der Waals surface area (Å²) in [6.07, 6.45) is 1.06. The summed E-state index contributed by atoms with van der Waals surface area (Å²) in [5.74, 6) is -2.18. The molecule has 12 heteroatoms. The standard InChI is InChI=1S/C20H22ClN3O7S/c1-3-9-23(10-4-2)32(30,31)18-8-5-13(11-17(18)24(28)29)19(25)22-16-7-6-14(21)12-15(16)20(26)27/h5-8,11-12H,3-4,9-10H2,1-2H3,(H,22,25)(H,26,27). The molecule has 0 aromatic heterocycles. The number of rotatable bonds is 10. The van der Waals surface area contributed by atoms with Crippen LogP contribution in [0.1, 0.15) is 47.4 Å². The number of nitro groups is 1.